The minimum absolute atomic E-state index is 0.0434. The fourth-order valence-electron chi connectivity index (χ4n) is 2.62. The fraction of sp³-hybridized carbons (Fsp3) is 0.294. The van der Waals surface area contributed by atoms with E-state index in [0.717, 1.165) is 23.3 Å². The molecule has 23 heavy (non-hydrogen) atoms. The molecular formula is C17H17NO4S. The molecule has 0 N–H and O–H groups in total. The molecule has 3 rings (SSSR count). The van der Waals surface area contributed by atoms with E-state index in [1.807, 2.05) is 30.3 Å². The molecule has 0 bridgehead atoms. The molecule has 1 saturated heterocycles. The van der Waals surface area contributed by atoms with Gasteiger partial charge in [0.15, 0.2) is 0 Å². The van der Waals surface area contributed by atoms with Gasteiger partial charge in [-0.3, -0.25) is 4.79 Å². The first kappa shape index (κ1) is 15.7. The third kappa shape index (κ3) is 3.13. The van der Waals surface area contributed by atoms with E-state index in [9.17, 15) is 9.59 Å². The summed E-state index contributed by atoms with van der Waals surface area (Å²) in [4.78, 5) is 26.3. The van der Waals surface area contributed by atoms with Crippen LogP contribution in [0.2, 0.25) is 0 Å². The highest BCUT2D eigenvalue weighted by Gasteiger charge is 2.29. The van der Waals surface area contributed by atoms with Crippen molar-refractivity contribution in [1.29, 1.82) is 0 Å². The highest BCUT2D eigenvalue weighted by atomic mass is 32.1. The van der Waals surface area contributed by atoms with Crippen LogP contribution < -0.4 is 4.90 Å². The highest BCUT2D eigenvalue weighted by Crippen LogP contribution is 2.39. The molecule has 1 aromatic carbocycles. The van der Waals surface area contributed by atoms with Gasteiger partial charge in [0.25, 0.3) is 0 Å². The summed E-state index contributed by atoms with van der Waals surface area (Å²) in [5.74, 6) is -0.441. The normalized spacial score (nSPS) is 17.0. The lowest BCUT2D eigenvalue weighted by Gasteiger charge is -2.22. The fourth-order valence-corrected chi connectivity index (χ4v) is 3.80. The summed E-state index contributed by atoms with van der Waals surface area (Å²) in [5.41, 5.74) is 1.41. The largest absolute Gasteiger partial charge is 0.465 e. The van der Waals surface area contributed by atoms with Gasteiger partial charge in [-0.05, 0) is 18.1 Å². The number of hydrogen-bond donors (Lipinski definition) is 0. The number of benzene rings is 1. The maximum atomic E-state index is 12.1. The Morgan fingerprint density at radius 2 is 2.17 bits per heavy atom. The van der Waals surface area contributed by atoms with Gasteiger partial charge in [-0.15, -0.1) is 11.3 Å². The molecule has 0 saturated carbocycles. The summed E-state index contributed by atoms with van der Waals surface area (Å²) in [5, 5.41) is 0.612. The van der Waals surface area contributed by atoms with Crippen LogP contribution in [-0.4, -0.2) is 38.7 Å². The highest BCUT2D eigenvalue weighted by molar-refractivity contribution is 7.20. The lowest BCUT2D eigenvalue weighted by molar-refractivity contribution is -0.107. The molecule has 1 amide bonds. The molecule has 0 radical (unpaired) electrons. The smallest absolute Gasteiger partial charge is 0.340 e. The number of carbonyl (C=O) groups excluding carboxylic acids is 2. The summed E-state index contributed by atoms with van der Waals surface area (Å²) >= 11 is 1.41. The molecule has 0 spiro atoms. The lowest BCUT2D eigenvalue weighted by Crippen LogP contribution is -2.34. The first-order valence-electron chi connectivity index (χ1n) is 7.33. The zero-order valence-corrected chi connectivity index (χ0v) is 13.5. The molecular weight excluding hydrogens is 314 g/mol. The summed E-state index contributed by atoms with van der Waals surface area (Å²) in [7, 11) is 1.34. The van der Waals surface area contributed by atoms with E-state index < -0.39 is 5.97 Å². The molecule has 1 fully saturated rings. The molecule has 2 heterocycles. The zero-order valence-electron chi connectivity index (χ0n) is 12.7. The van der Waals surface area contributed by atoms with Crippen LogP contribution in [0.25, 0.3) is 10.4 Å². The van der Waals surface area contributed by atoms with Crippen LogP contribution in [0, 0.1) is 0 Å². The zero-order chi connectivity index (χ0) is 16.2. The third-order valence-electron chi connectivity index (χ3n) is 3.82. The van der Waals surface area contributed by atoms with Crippen molar-refractivity contribution in [2.45, 2.75) is 12.5 Å². The Balaban J connectivity index is 2.04. The predicted molar refractivity (Wildman–Crippen MR) is 88.9 cm³/mol. The molecule has 5 nitrogen and oxygen atoms in total. The summed E-state index contributed by atoms with van der Waals surface area (Å²) in [6, 6.07) is 11.5. The van der Waals surface area contributed by atoms with Crippen LogP contribution in [0.5, 0.6) is 0 Å². The Labute approximate surface area is 138 Å². The monoisotopic (exact) mass is 331 g/mol. The van der Waals surface area contributed by atoms with Gasteiger partial charge in [0.2, 0.25) is 6.41 Å². The predicted octanol–water partition coefficient (Wildman–Crippen LogP) is 2.95. The van der Waals surface area contributed by atoms with Crippen LogP contribution in [0.15, 0.2) is 36.4 Å². The third-order valence-corrected chi connectivity index (χ3v) is 5.02. The Bertz CT molecular complexity index is 692. The average Bonchev–Trinajstić information content (AvgIpc) is 3.26. The SMILES string of the molecule is COC(=O)c1cc(-c2ccccc2)sc1N(C=O)C1CCOC1. The second kappa shape index (κ2) is 6.93. The summed E-state index contributed by atoms with van der Waals surface area (Å²) in [6.45, 7) is 1.11. The van der Waals surface area contributed by atoms with Gasteiger partial charge in [-0.2, -0.15) is 0 Å². The second-order valence-corrected chi connectivity index (χ2v) is 6.25. The molecule has 120 valence electrons. The first-order chi connectivity index (χ1) is 11.2. The van der Waals surface area contributed by atoms with E-state index in [4.69, 9.17) is 9.47 Å². The van der Waals surface area contributed by atoms with Crippen molar-refractivity contribution in [3.05, 3.63) is 42.0 Å². The number of methoxy groups -OCH3 is 1. The van der Waals surface area contributed by atoms with Crippen LogP contribution in [-0.2, 0) is 14.3 Å². The van der Waals surface area contributed by atoms with Crippen molar-refractivity contribution in [3.63, 3.8) is 0 Å². The lowest BCUT2D eigenvalue weighted by atomic mass is 10.1. The number of thiophene rings is 1. The Kier molecular flexibility index (Phi) is 4.73. The number of nitrogens with zero attached hydrogens (tertiary/aromatic N) is 1. The molecule has 6 heteroatoms. The standard InChI is InChI=1S/C17H17NO4S/c1-21-17(20)14-9-15(12-5-3-2-4-6-12)23-16(14)18(11-19)13-7-8-22-10-13/h2-6,9,11,13H,7-8,10H2,1H3. The average molecular weight is 331 g/mol. The van der Waals surface area contributed by atoms with Crippen molar-refractivity contribution in [1.82, 2.24) is 0 Å². The molecule has 1 aliphatic rings. The molecule has 1 unspecified atom stereocenters. The van der Waals surface area contributed by atoms with Crippen molar-refractivity contribution < 1.29 is 19.1 Å². The maximum Gasteiger partial charge on any atom is 0.340 e. The van der Waals surface area contributed by atoms with Gasteiger partial charge < -0.3 is 14.4 Å². The minimum Gasteiger partial charge on any atom is -0.465 e. The molecule has 1 atom stereocenters. The number of esters is 1. The van der Waals surface area contributed by atoms with Gasteiger partial charge in [-0.25, -0.2) is 4.79 Å². The van der Waals surface area contributed by atoms with Gasteiger partial charge in [0.05, 0.1) is 25.3 Å². The maximum absolute atomic E-state index is 12.1. The van der Waals surface area contributed by atoms with E-state index >= 15 is 0 Å². The van der Waals surface area contributed by atoms with E-state index in [1.165, 1.54) is 18.4 Å². The summed E-state index contributed by atoms with van der Waals surface area (Å²) in [6.07, 6.45) is 1.53. The van der Waals surface area contributed by atoms with Gasteiger partial charge in [0, 0.05) is 11.5 Å². The second-order valence-electron chi connectivity index (χ2n) is 5.22. The minimum atomic E-state index is -0.441. The molecule has 2 aromatic rings. The number of rotatable bonds is 5. The number of anilines is 1. The number of amides is 1. The number of ether oxygens (including phenoxy) is 2. The van der Waals surface area contributed by atoms with E-state index in [1.54, 1.807) is 11.0 Å². The van der Waals surface area contributed by atoms with Crippen molar-refractivity contribution >= 4 is 28.7 Å². The molecule has 1 aliphatic heterocycles. The Hall–Kier alpha value is -2.18. The number of hydrogen-bond acceptors (Lipinski definition) is 5. The summed E-state index contributed by atoms with van der Waals surface area (Å²) < 4.78 is 10.2. The van der Waals surface area contributed by atoms with Gasteiger partial charge >= 0.3 is 5.97 Å². The Morgan fingerprint density at radius 1 is 1.39 bits per heavy atom. The van der Waals surface area contributed by atoms with Crippen LogP contribution >= 0.6 is 11.3 Å². The molecule has 0 aliphatic carbocycles. The van der Waals surface area contributed by atoms with Crippen LogP contribution in [0.1, 0.15) is 16.8 Å². The topological polar surface area (TPSA) is 55.8 Å². The van der Waals surface area contributed by atoms with E-state index in [2.05, 4.69) is 0 Å². The Morgan fingerprint density at radius 3 is 2.78 bits per heavy atom. The number of carbonyl (C=O) groups is 2. The van der Waals surface area contributed by atoms with E-state index in [0.29, 0.717) is 23.8 Å². The van der Waals surface area contributed by atoms with E-state index in [-0.39, 0.29) is 6.04 Å². The van der Waals surface area contributed by atoms with Crippen molar-refractivity contribution in [2.24, 2.45) is 0 Å². The quantitative estimate of drug-likeness (QED) is 0.624. The van der Waals surface area contributed by atoms with Crippen molar-refractivity contribution in [3.8, 4) is 10.4 Å². The van der Waals surface area contributed by atoms with Crippen molar-refractivity contribution in [2.75, 3.05) is 25.2 Å². The van der Waals surface area contributed by atoms with Gasteiger partial charge in [-0.1, -0.05) is 30.3 Å². The molecule has 1 aromatic heterocycles. The van der Waals surface area contributed by atoms with Gasteiger partial charge in [0.1, 0.15) is 5.00 Å². The first-order valence-corrected chi connectivity index (χ1v) is 8.15. The van der Waals surface area contributed by atoms with Crippen LogP contribution in [0.3, 0.4) is 0 Å². The van der Waals surface area contributed by atoms with Crippen LogP contribution in [0.4, 0.5) is 5.00 Å².